The summed E-state index contributed by atoms with van der Waals surface area (Å²) < 4.78 is 1.36. The van der Waals surface area contributed by atoms with E-state index in [9.17, 15) is 4.79 Å². The van der Waals surface area contributed by atoms with Crippen molar-refractivity contribution >= 4 is 17.0 Å². The molecule has 0 radical (unpaired) electrons. The Bertz CT molecular complexity index is 712. The summed E-state index contributed by atoms with van der Waals surface area (Å²) in [5.74, 6) is 0. The minimum Gasteiger partial charge on any atom is -0.392 e. The highest BCUT2D eigenvalue weighted by Gasteiger charge is 2.14. The van der Waals surface area contributed by atoms with Gasteiger partial charge in [0.2, 0.25) is 5.13 Å². The highest BCUT2D eigenvalue weighted by molar-refractivity contribution is 7.12. The molecule has 0 unspecified atom stereocenters. The van der Waals surface area contributed by atoms with E-state index in [4.69, 9.17) is 5.73 Å². The van der Waals surface area contributed by atoms with Gasteiger partial charge < -0.3 is 5.73 Å². The number of aromatic nitrogens is 3. The van der Waals surface area contributed by atoms with Gasteiger partial charge in [0.05, 0.1) is 5.69 Å². The van der Waals surface area contributed by atoms with Crippen molar-refractivity contribution in [3.63, 3.8) is 0 Å². The molecule has 90 valence electrons. The number of anilines is 1. The number of nitrogens with one attached hydrogen (secondary N) is 1. The molecule has 0 fully saturated rings. The zero-order valence-corrected chi connectivity index (χ0v) is 10.1. The first-order valence-electron chi connectivity index (χ1n) is 5.33. The average Bonchev–Trinajstić information content (AvgIpc) is 3.01. The van der Waals surface area contributed by atoms with E-state index in [1.807, 2.05) is 30.3 Å². The zero-order valence-electron chi connectivity index (χ0n) is 9.33. The number of hydrogen-bond acceptors (Lipinski definition) is 4. The number of nitrogen functional groups attached to an aromatic ring is 1. The third-order valence-corrected chi connectivity index (χ3v) is 3.36. The molecule has 0 aliphatic carbocycles. The van der Waals surface area contributed by atoms with Crippen molar-refractivity contribution in [2.45, 2.75) is 0 Å². The van der Waals surface area contributed by atoms with Gasteiger partial charge in [-0.15, -0.1) is 11.3 Å². The van der Waals surface area contributed by atoms with E-state index in [-0.39, 0.29) is 11.2 Å². The van der Waals surface area contributed by atoms with Crippen molar-refractivity contribution < 1.29 is 0 Å². The zero-order chi connectivity index (χ0) is 12.5. The Labute approximate surface area is 107 Å². The van der Waals surface area contributed by atoms with Crippen LogP contribution >= 0.6 is 11.3 Å². The summed E-state index contributed by atoms with van der Waals surface area (Å²) in [6, 6.07) is 9.50. The van der Waals surface area contributed by atoms with Crippen molar-refractivity contribution in [1.82, 2.24) is 14.8 Å². The summed E-state index contributed by atoms with van der Waals surface area (Å²) >= 11 is 1.37. The Morgan fingerprint density at radius 2 is 2.06 bits per heavy atom. The van der Waals surface area contributed by atoms with Crippen LogP contribution in [-0.2, 0) is 0 Å². The van der Waals surface area contributed by atoms with Crippen molar-refractivity contribution in [2.75, 3.05) is 5.73 Å². The quantitative estimate of drug-likeness (QED) is 0.736. The van der Waals surface area contributed by atoms with Crippen molar-refractivity contribution in [3.8, 4) is 16.4 Å². The lowest BCUT2D eigenvalue weighted by Gasteiger charge is -1.98. The van der Waals surface area contributed by atoms with Crippen LogP contribution in [0.2, 0.25) is 0 Å². The topological polar surface area (TPSA) is 76.7 Å². The molecule has 1 aromatic carbocycles. The second-order valence-electron chi connectivity index (χ2n) is 3.72. The lowest BCUT2D eigenvalue weighted by Crippen LogP contribution is -2.16. The molecule has 0 saturated carbocycles. The first-order valence-corrected chi connectivity index (χ1v) is 6.21. The summed E-state index contributed by atoms with van der Waals surface area (Å²) in [7, 11) is 0. The third kappa shape index (κ3) is 1.63. The second kappa shape index (κ2) is 4.15. The monoisotopic (exact) mass is 258 g/mol. The van der Waals surface area contributed by atoms with E-state index in [1.54, 1.807) is 11.6 Å². The van der Waals surface area contributed by atoms with Crippen molar-refractivity contribution in [3.05, 3.63) is 52.3 Å². The minimum atomic E-state index is -0.274. The Kier molecular flexibility index (Phi) is 2.49. The maximum atomic E-state index is 12.0. The minimum absolute atomic E-state index is 0.205. The molecule has 0 bridgehead atoms. The van der Waals surface area contributed by atoms with Gasteiger partial charge in [0.15, 0.2) is 0 Å². The Hall–Kier alpha value is -2.34. The number of nitrogens with two attached hydrogens (primary N) is 1. The van der Waals surface area contributed by atoms with Crippen LogP contribution in [0.4, 0.5) is 5.69 Å². The first-order chi connectivity index (χ1) is 8.77. The molecule has 0 saturated heterocycles. The first kappa shape index (κ1) is 10.8. The summed E-state index contributed by atoms with van der Waals surface area (Å²) in [6.07, 6.45) is 1.64. The standard InChI is InChI=1S/C12H10N4OS/c13-9-10(8-4-2-1-3-5-8)15-16(11(9)17)12-14-6-7-18-12/h1-7,15H,13H2. The lowest BCUT2D eigenvalue weighted by molar-refractivity contribution is 0.843. The predicted octanol–water partition coefficient (Wildman–Crippen LogP) is 1.87. The number of nitrogens with zero attached hydrogens (tertiary/aromatic N) is 2. The molecule has 0 aliphatic rings. The van der Waals surface area contributed by atoms with Crippen molar-refractivity contribution in [1.29, 1.82) is 0 Å². The number of H-pyrrole nitrogens is 1. The fraction of sp³-hybridized carbons (Fsp3) is 0. The van der Waals surface area contributed by atoms with Gasteiger partial charge in [0, 0.05) is 17.1 Å². The molecule has 3 rings (SSSR count). The predicted molar refractivity (Wildman–Crippen MR) is 71.9 cm³/mol. The van der Waals surface area contributed by atoms with Crippen LogP contribution in [0.1, 0.15) is 0 Å². The van der Waals surface area contributed by atoms with Crippen LogP contribution in [-0.4, -0.2) is 14.8 Å². The number of rotatable bonds is 2. The van der Waals surface area contributed by atoms with E-state index in [0.29, 0.717) is 10.8 Å². The van der Waals surface area contributed by atoms with Gasteiger partial charge in [-0.05, 0) is 0 Å². The number of thiazole rings is 1. The summed E-state index contributed by atoms with van der Waals surface area (Å²) in [5.41, 5.74) is 7.28. The highest BCUT2D eigenvalue weighted by Crippen LogP contribution is 2.22. The Balaban J connectivity index is 2.20. The molecule has 0 amide bonds. The lowest BCUT2D eigenvalue weighted by atomic mass is 10.1. The maximum absolute atomic E-state index is 12.0. The number of hydrogen-bond donors (Lipinski definition) is 2. The normalized spacial score (nSPS) is 10.7. The highest BCUT2D eigenvalue weighted by atomic mass is 32.1. The molecule has 0 aliphatic heterocycles. The molecule has 3 aromatic rings. The molecular formula is C12H10N4OS. The van der Waals surface area contributed by atoms with E-state index in [0.717, 1.165) is 5.56 Å². The smallest absolute Gasteiger partial charge is 0.297 e. The molecule has 18 heavy (non-hydrogen) atoms. The van der Waals surface area contributed by atoms with E-state index >= 15 is 0 Å². The van der Waals surface area contributed by atoms with E-state index < -0.39 is 0 Å². The second-order valence-corrected chi connectivity index (χ2v) is 4.59. The number of aromatic amines is 1. The van der Waals surface area contributed by atoms with Gasteiger partial charge in [0.25, 0.3) is 5.56 Å². The SMILES string of the molecule is Nc1c(-c2ccccc2)[nH]n(-c2nccs2)c1=O. The van der Waals surface area contributed by atoms with Crippen LogP contribution < -0.4 is 11.3 Å². The molecule has 2 aromatic heterocycles. The van der Waals surface area contributed by atoms with Crippen LogP contribution in [0.15, 0.2) is 46.7 Å². The molecule has 6 heteroatoms. The number of benzene rings is 1. The summed E-state index contributed by atoms with van der Waals surface area (Å²) in [6.45, 7) is 0. The largest absolute Gasteiger partial charge is 0.392 e. The van der Waals surface area contributed by atoms with Gasteiger partial charge in [-0.3, -0.25) is 9.89 Å². The molecular weight excluding hydrogens is 248 g/mol. The molecule has 3 N–H and O–H groups in total. The Morgan fingerprint density at radius 3 is 2.72 bits per heavy atom. The van der Waals surface area contributed by atoms with Crippen LogP contribution in [0, 0.1) is 0 Å². The van der Waals surface area contributed by atoms with Gasteiger partial charge in [-0.1, -0.05) is 30.3 Å². The van der Waals surface area contributed by atoms with Crippen LogP contribution in [0.3, 0.4) is 0 Å². The average molecular weight is 258 g/mol. The van der Waals surface area contributed by atoms with Gasteiger partial charge >= 0.3 is 0 Å². The van der Waals surface area contributed by atoms with E-state index in [1.165, 1.54) is 16.0 Å². The van der Waals surface area contributed by atoms with Gasteiger partial charge in [0.1, 0.15) is 5.69 Å². The summed E-state index contributed by atoms with van der Waals surface area (Å²) in [4.78, 5) is 16.1. The van der Waals surface area contributed by atoms with Gasteiger partial charge in [-0.2, -0.15) is 4.68 Å². The van der Waals surface area contributed by atoms with Crippen LogP contribution in [0.5, 0.6) is 0 Å². The van der Waals surface area contributed by atoms with Crippen molar-refractivity contribution in [2.24, 2.45) is 0 Å². The Morgan fingerprint density at radius 1 is 1.28 bits per heavy atom. The molecule has 2 heterocycles. The fourth-order valence-electron chi connectivity index (χ4n) is 1.74. The fourth-order valence-corrected chi connectivity index (χ4v) is 2.34. The van der Waals surface area contributed by atoms with Gasteiger partial charge in [-0.25, -0.2) is 4.98 Å². The van der Waals surface area contributed by atoms with E-state index in [2.05, 4.69) is 10.1 Å². The maximum Gasteiger partial charge on any atom is 0.297 e. The molecule has 0 spiro atoms. The summed E-state index contributed by atoms with van der Waals surface area (Å²) in [5, 5.41) is 5.38. The third-order valence-electron chi connectivity index (χ3n) is 2.60. The molecule has 5 nitrogen and oxygen atoms in total. The molecule has 0 atom stereocenters. The van der Waals surface area contributed by atoms with Crippen LogP contribution in [0.25, 0.3) is 16.4 Å².